The van der Waals surface area contributed by atoms with Gasteiger partial charge in [0.05, 0.1) is 9.82 Å². The standard InChI is InChI=1S/C16H18N2O9S/c1-10(19)25-9-15-14(26-11(2)20)7-8-16(27-15)17-28(23,24)13-5-3-12(4-6-13)18(21)22/h3-8,14-17H,9H2,1-2H3/t14-,15+,16?/m0/s1. The molecule has 1 aromatic rings. The van der Waals surface area contributed by atoms with Crippen molar-refractivity contribution in [3.8, 4) is 0 Å². The fourth-order valence-corrected chi connectivity index (χ4v) is 3.39. The van der Waals surface area contributed by atoms with Gasteiger partial charge in [-0.15, -0.1) is 0 Å². The van der Waals surface area contributed by atoms with Gasteiger partial charge in [-0.3, -0.25) is 19.7 Å². The molecule has 0 saturated carbocycles. The van der Waals surface area contributed by atoms with Gasteiger partial charge in [-0.05, 0) is 24.3 Å². The van der Waals surface area contributed by atoms with Crippen LogP contribution in [0.15, 0.2) is 41.3 Å². The van der Waals surface area contributed by atoms with Crippen LogP contribution in [0.1, 0.15) is 13.8 Å². The molecule has 1 unspecified atom stereocenters. The summed E-state index contributed by atoms with van der Waals surface area (Å²) >= 11 is 0. The Balaban J connectivity index is 2.14. The highest BCUT2D eigenvalue weighted by Crippen LogP contribution is 2.20. The first kappa shape index (κ1) is 21.5. The number of hydrogen-bond acceptors (Lipinski definition) is 9. The van der Waals surface area contributed by atoms with Crippen molar-refractivity contribution in [3.05, 3.63) is 46.5 Å². The maximum absolute atomic E-state index is 12.4. The number of ether oxygens (including phenoxy) is 3. The van der Waals surface area contributed by atoms with Crippen LogP contribution in [0.3, 0.4) is 0 Å². The predicted octanol–water partition coefficient (Wildman–Crippen LogP) is 0.649. The van der Waals surface area contributed by atoms with Gasteiger partial charge in [0.15, 0.2) is 0 Å². The number of nitrogens with one attached hydrogen (secondary N) is 1. The van der Waals surface area contributed by atoms with Crippen molar-refractivity contribution in [2.24, 2.45) is 0 Å². The predicted molar refractivity (Wildman–Crippen MR) is 93.4 cm³/mol. The van der Waals surface area contributed by atoms with Crippen LogP contribution < -0.4 is 4.72 Å². The molecule has 0 saturated heterocycles. The van der Waals surface area contributed by atoms with Crippen LogP contribution in [0, 0.1) is 10.1 Å². The van der Waals surface area contributed by atoms with Crippen LogP contribution in [-0.2, 0) is 33.8 Å². The smallest absolute Gasteiger partial charge is 0.303 e. The molecule has 0 aromatic heterocycles. The topological polar surface area (TPSA) is 151 Å². The Morgan fingerprint density at radius 3 is 2.36 bits per heavy atom. The summed E-state index contributed by atoms with van der Waals surface area (Å²) in [6.07, 6.45) is -0.171. The Morgan fingerprint density at radius 2 is 1.82 bits per heavy atom. The van der Waals surface area contributed by atoms with E-state index in [-0.39, 0.29) is 17.2 Å². The van der Waals surface area contributed by atoms with Crippen LogP contribution in [-0.4, -0.2) is 50.3 Å². The third-order valence-corrected chi connectivity index (χ3v) is 4.98. The number of non-ortho nitro benzene ring substituents is 1. The lowest BCUT2D eigenvalue weighted by Gasteiger charge is -2.31. The normalized spacial score (nSPS) is 21.7. The van der Waals surface area contributed by atoms with Gasteiger partial charge in [0.1, 0.15) is 25.0 Å². The summed E-state index contributed by atoms with van der Waals surface area (Å²) in [5, 5.41) is 10.7. The van der Waals surface area contributed by atoms with Crippen molar-refractivity contribution in [2.75, 3.05) is 6.61 Å². The first-order valence-corrected chi connectivity index (χ1v) is 9.48. The van der Waals surface area contributed by atoms with Gasteiger partial charge in [0.25, 0.3) is 5.69 Å². The van der Waals surface area contributed by atoms with Crippen LogP contribution in [0.4, 0.5) is 5.69 Å². The molecule has 28 heavy (non-hydrogen) atoms. The second-order valence-electron chi connectivity index (χ2n) is 5.73. The van der Waals surface area contributed by atoms with Gasteiger partial charge < -0.3 is 14.2 Å². The number of rotatable bonds is 7. The van der Waals surface area contributed by atoms with Crippen molar-refractivity contribution >= 4 is 27.6 Å². The lowest BCUT2D eigenvalue weighted by atomic mass is 10.1. The summed E-state index contributed by atoms with van der Waals surface area (Å²) in [6, 6.07) is 4.30. The Labute approximate surface area is 160 Å². The third kappa shape index (κ3) is 5.84. The van der Waals surface area contributed by atoms with Crippen molar-refractivity contribution in [2.45, 2.75) is 37.2 Å². The van der Waals surface area contributed by atoms with Crippen molar-refractivity contribution in [1.82, 2.24) is 4.72 Å². The van der Waals surface area contributed by atoms with Crippen LogP contribution in [0.25, 0.3) is 0 Å². The van der Waals surface area contributed by atoms with Gasteiger partial charge >= 0.3 is 11.9 Å². The summed E-state index contributed by atoms with van der Waals surface area (Å²) in [5.41, 5.74) is -0.251. The fraction of sp³-hybridized carbons (Fsp3) is 0.375. The molecule has 0 spiro atoms. The van der Waals surface area contributed by atoms with Gasteiger partial charge in [0.2, 0.25) is 10.0 Å². The lowest BCUT2D eigenvalue weighted by molar-refractivity contribution is -0.384. The molecule has 1 N–H and O–H groups in total. The van der Waals surface area contributed by atoms with Gasteiger partial charge in [-0.2, -0.15) is 4.72 Å². The van der Waals surface area contributed by atoms with E-state index in [1.807, 2.05) is 0 Å². The first-order valence-electron chi connectivity index (χ1n) is 7.99. The zero-order chi connectivity index (χ0) is 20.9. The molecule has 0 bridgehead atoms. The van der Waals surface area contributed by atoms with E-state index in [4.69, 9.17) is 14.2 Å². The number of carbonyl (C=O) groups is 2. The number of hydrogen-bond donors (Lipinski definition) is 1. The average molecular weight is 414 g/mol. The van der Waals surface area contributed by atoms with E-state index < -0.39 is 45.3 Å². The highest BCUT2D eigenvalue weighted by atomic mass is 32.2. The number of nitrogens with zero attached hydrogens (tertiary/aromatic N) is 1. The maximum Gasteiger partial charge on any atom is 0.303 e. The molecule has 1 aromatic carbocycles. The Hall–Kier alpha value is -2.83. The van der Waals surface area contributed by atoms with Crippen molar-refractivity contribution in [1.29, 1.82) is 0 Å². The SMILES string of the molecule is CC(=O)OC[C@H]1OC(NS(=O)(=O)c2ccc([N+](=O)[O-])cc2)C=C[C@@H]1OC(C)=O. The molecule has 12 heteroatoms. The molecule has 2 rings (SSSR count). The minimum absolute atomic E-state index is 0.200. The molecular formula is C16H18N2O9S. The number of benzene rings is 1. The van der Waals surface area contributed by atoms with E-state index >= 15 is 0 Å². The zero-order valence-corrected chi connectivity index (χ0v) is 15.7. The number of carbonyl (C=O) groups excluding carboxylic acids is 2. The van der Waals surface area contributed by atoms with Crippen LogP contribution in [0.5, 0.6) is 0 Å². The Morgan fingerprint density at radius 1 is 1.18 bits per heavy atom. The largest absolute Gasteiger partial charge is 0.463 e. The average Bonchev–Trinajstić information content (AvgIpc) is 2.61. The monoisotopic (exact) mass is 414 g/mol. The Kier molecular flexibility index (Phi) is 6.83. The summed E-state index contributed by atoms with van der Waals surface area (Å²) in [4.78, 5) is 32.0. The summed E-state index contributed by atoms with van der Waals surface area (Å²) < 4.78 is 42.6. The van der Waals surface area contributed by atoms with E-state index in [0.29, 0.717) is 0 Å². The number of nitro benzene ring substituents is 1. The molecule has 1 aliphatic rings. The second kappa shape index (κ2) is 8.91. The first-order chi connectivity index (χ1) is 13.1. The highest BCUT2D eigenvalue weighted by Gasteiger charge is 2.32. The molecule has 11 nitrogen and oxygen atoms in total. The van der Waals surface area contributed by atoms with Gasteiger partial charge in [-0.25, -0.2) is 8.42 Å². The minimum atomic E-state index is -4.06. The molecule has 152 valence electrons. The molecular weight excluding hydrogens is 396 g/mol. The van der Waals surface area contributed by atoms with Crippen molar-refractivity contribution in [3.63, 3.8) is 0 Å². The van der Waals surface area contributed by atoms with E-state index in [2.05, 4.69) is 4.72 Å². The summed E-state index contributed by atoms with van der Waals surface area (Å²) in [6.45, 7) is 2.13. The molecule has 0 radical (unpaired) electrons. The molecule has 0 fully saturated rings. The number of sulfonamides is 1. The zero-order valence-electron chi connectivity index (χ0n) is 14.9. The van der Waals surface area contributed by atoms with Crippen LogP contribution in [0.2, 0.25) is 0 Å². The summed E-state index contributed by atoms with van der Waals surface area (Å²) in [7, 11) is -4.06. The molecule has 0 aliphatic carbocycles. The molecule has 0 amide bonds. The minimum Gasteiger partial charge on any atom is -0.463 e. The number of esters is 2. The third-order valence-electron chi connectivity index (χ3n) is 3.55. The number of nitro groups is 1. The van der Waals surface area contributed by atoms with E-state index in [0.717, 1.165) is 24.3 Å². The molecule has 1 heterocycles. The quantitative estimate of drug-likeness (QED) is 0.293. The lowest BCUT2D eigenvalue weighted by Crippen LogP contribution is -2.47. The van der Waals surface area contributed by atoms with Crippen molar-refractivity contribution < 1.29 is 37.1 Å². The molecule has 3 atom stereocenters. The van der Waals surface area contributed by atoms with Crippen LogP contribution >= 0.6 is 0 Å². The van der Waals surface area contributed by atoms with Gasteiger partial charge in [-0.1, -0.05) is 0 Å². The van der Waals surface area contributed by atoms with Gasteiger partial charge in [0, 0.05) is 26.0 Å². The van der Waals surface area contributed by atoms with E-state index in [1.165, 1.54) is 26.0 Å². The molecule has 1 aliphatic heterocycles. The Bertz CT molecular complexity index is 880. The maximum atomic E-state index is 12.4. The fourth-order valence-electron chi connectivity index (χ4n) is 2.32. The highest BCUT2D eigenvalue weighted by molar-refractivity contribution is 7.89. The van der Waals surface area contributed by atoms with E-state index in [1.54, 1.807) is 0 Å². The second-order valence-corrected chi connectivity index (χ2v) is 7.44. The van der Waals surface area contributed by atoms with E-state index in [9.17, 15) is 28.1 Å². The summed E-state index contributed by atoms with van der Waals surface area (Å²) in [5.74, 6) is -1.17.